The van der Waals surface area contributed by atoms with Crippen LogP contribution in [0.4, 0.5) is 0 Å². The van der Waals surface area contributed by atoms with E-state index in [0.29, 0.717) is 0 Å². The van der Waals surface area contributed by atoms with Crippen LogP contribution in [0.15, 0.2) is 18.3 Å². The SMILES string of the molecule is CC(C)(C)c1cc2nccc(C(C)(C)C)c2s1. The van der Waals surface area contributed by atoms with Crippen LogP contribution >= 0.6 is 11.3 Å². The molecule has 2 heterocycles. The Morgan fingerprint density at radius 3 is 2.18 bits per heavy atom. The maximum Gasteiger partial charge on any atom is 0.0815 e. The summed E-state index contributed by atoms with van der Waals surface area (Å²) in [7, 11) is 0. The molecule has 2 aromatic heterocycles. The van der Waals surface area contributed by atoms with Crippen LogP contribution in [-0.2, 0) is 10.8 Å². The van der Waals surface area contributed by atoms with Crippen LogP contribution in [0.25, 0.3) is 10.2 Å². The zero-order chi connectivity index (χ0) is 12.8. The number of hydrogen-bond acceptors (Lipinski definition) is 2. The number of aromatic nitrogens is 1. The number of nitrogens with zero attached hydrogens (tertiary/aromatic N) is 1. The van der Waals surface area contributed by atoms with Gasteiger partial charge in [0.05, 0.1) is 10.2 Å². The Morgan fingerprint density at radius 2 is 1.65 bits per heavy atom. The third-order valence-electron chi connectivity index (χ3n) is 2.96. The molecule has 0 aromatic carbocycles. The van der Waals surface area contributed by atoms with Crippen molar-refractivity contribution in [2.75, 3.05) is 0 Å². The molecule has 0 fully saturated rings. The normalized spacial score (nSPS) is 13.3. The molecule has 0 N–H and O–H groups in total. The summed E-state index contributed by atoms with van der Waals surface area (Å²) >= 11 is 1.90. The lowest BCUT2D eigenvalue weighted by atomic mass is 9.87. The van der Waals surface area contributed by atoms with Crippen LogP contribution in [0.1, 0.15) is 52.0 Å². The first-order valence-electron chi connectivity index (χ1n) is 6.09. The minimum absolute atomic E-state index is 0.182. The van der Waals surface area contributed by atoms with E-state index < -0.39 is 0 Å². The van der Waals surface area contributed by atoms with E-state index in [1.54, 1.807) is 0 Å². The lowest BCUT2D eigenvalue weighted by Gasteiger charge is -2.19. The molecule has 0 saturated heterocycles. The molecule has 0 atom stereocenters. The van der Waals surface area contributed by atoms with Crippen LogP contribution in [0.2, 0.25) is 0 Å². The van der Waals surface area contributed by atoms with Gasteiger partial charge in [0.1, 0.15) is 0 Å². The summed E-state index contributed by atoms with van der Waals surface area (Å²) in [5.74, 6) is 0. The fourth-order valence-corrected chi connectivity index (χ4v) is 3.30. The van der Waals surface area contributed by atoms with Crippen molar-refractivity contribution in [3.05, 3.63) is 28.8 Å². The Morgan fingerprint density at radius 1 is 1.00 bits per heavy atom. The molecule has 2 aromatic rings. The average Bonchev–Trinajstić information content (AvgIpc) is 2.57. The van der Waals surface area contributed by atoms with Gasteiger partial charge in [0.15, 0.2) is 0 Å². The van der Waals surface area contributed by atoms with Gasteiger partial charge in [-0.05, 0) is 28.5 Å². The lowest BCUT2D eigenvalue weighted by Crippen LogP contribution is -2.11. The molecule has 0 aliphatic carbocycles. The Labute approximate surface area is 108 Å². The van der Waals surface area contributed by atoms with Crippen molar-refractivity contribution in [3.8, 4) is 0 Å². The zero-order valence-electron chi connectivity index (χ0n) is 11.6. The molecule has 0 saturated carbocycles. The van der Waals surface area contributed by atoms with Crippen molar-refractivity contribution in [3.63, 3.8) is 0 Å². The number of pyridine rings is 1. The fourth-order valence-electron chi connectivity index (χ4n) is 1.90. The maximum atomic E-state index is 4.50. The molecule has 0 unspecified atom stereocenters. The van der Waals surface area contributed by atoms with Crippen LogP contribution < -0.4 is 0 Å². The van der Waals surface area contributed by atoms with Crippen molar-refractivity contribution < 1.29 is 0 Å². The topological polar surface area (TPSA) is 12.9 Å². The molecule has 0 radical (unpaired) electrons. The first-order valence-corrected chi connectivity index (χ1v) is 6.91. The second-order valence-electron chi connectivity index (χ2n) is 6.68. The van der Waals surface area contributed by atoms with Gasteiger partial charge in [-0.15, -0.1) is 11.3 Å². The summed E-state index contributed by atoms with van der Waals surface area (Å²) in [6.07, 6.45) is 1.93. The molecular weight excluding hydrogens is 226 g/mol. The third-order valence-corrected chi connectivity index (χ3v) is 4.54. The molecule has 17 heavy (non-hydrogen) atoms. The third kappa shape index (κ3) is 2.37. The number of hydrogen-bond donors (Lipinski definition) is 0. The Kier molecular flexibility index (Phi) is 2.81. The van der Waals surface area contributed by atoms with E-state index in [4.69, 9.17) is 0 Å². The summed E-state index contributed by atoms with van der Waals surface area (Å²) in [5, 5.41) is 0. The van der Waals surface area contributed by atoms with E-state index in [-0.39, 0.29) is 10.8 Å². The average molecular weight is 247 g/mol. The Balaban J connectivity index is 2.70. The number of fused-ring (bicyclic) bond motifs is 1. The predicted molar refractivity (Wildman–Crippen MR) is 77.0 cm³/mol. The highest BCUT2D eigenvalue weighted by molar-refractivity contribution is 7.19. The summed E-state index contributed by atoms with van der Waals surface area (Å²) in [4.78, 5) is 5.91. The molecule has 2 heteroatoms. The van der Waals surface area contributed by atoms with Gasteiger partial charge in [0, 0.05) is 11.1 Å². The number of rotatable bonds is 0. The Hall–Kier alpha value is -0.890. The molecule has 0 bridgehead atoms. The van der Waals surface area contributed by atoms with Crippen molar-refractivity contribution in [1.82, 2.24) is 4.98 Å². The van der Waals surface area contributed by atoms with Crippen molar-refractivity contribution >= 4 is 21.6 Å². The second-order valence-corrected chi connectivity index (χ2v) is 7.74. The molecular formula is C15H21NS. The van der Waals surface area contributed by atoms with Gasteiger partial charge in [-0.25, -0.2) is 0 Å². The summed E-state index contributed by atoms with van der Waals surface area (Å²) in [6, 6.07) is 4.40. The van der Waals surface area contributed by atoms with Gasteiger partial charge >= 0.3 is 0 Å². The van der Waals surface area contributed by atoms with E-state index in [9.17, 15) is 0 Å². The van der Waals surface area contributed by atoms with Crippen molar-refractivity contribution in [2.24, 2.45) is 0 Å². The van der Waals surface area contributed by atoms with Gasteiger partial charge in [0.25, 0.3) is 0 Å². The van der Waals surface area contributed by atoms with Crippen LogP contribution in [0.3, 0.4) is 0 Å². The molecule has 0 amide bonds. The molecule has 0 aliphatic heterocycles. The highest BCUT2D eigenvalue weighted by Gasteiger charge is 2.22. The highest BCUT2D eigenvalue weighted by atomic mass is 32.1. The molecule has 2 rings (SSSR count). The highest BCUT2D eigenvalue weighted by Crippen LogP contribution is 2.38. The summed E-state index contributed by atoms with van der Waals surface area (Å²) in [5.41, 5.74) is 2.94. The lowest BCUT2D eigenvalue weighted by molar-refractivity contribution is 0.596. The van der Waals surface area contributed by atoms with Gasteiger partial charge in [-0.1, -0.05) is 41.5 Å². The maximum absolute atomic E-state index is 4.50. The number of thiophene rings is 1. The van der Waals surface area contributed by atoms with Crippen LogP contribution in [0, 0.1) is 0 Å². The fraction of sp³-hybridized carbons (Fsp3) is 0.533. The van der Waals surface area contributed by atoms with Crippen LogP contribution in [0.5, 0.6) is 0 Å². The molecule has 92 valence electrons. The Bertz CT molecular complexity index is 538. The minimum Gasteiger partial charge on any atom is -0.255 e. The first kappa shape index (κ1) is 12.6. The van der Waals surface area contributed by atoms with Gasteiger partial charge in [-0.2, -0.15) is 0 Å². The predicted octanol–water partition coefficient (Wildman–Crippen LogP) is 4.89. The zero-order valence-corrected chi connectivity index (χ0v) is 12.4. The van der Waals surface area contributed by atoms with Crippen molar-refractivity contribution in [2.45, 2.75) is 52.4 Å². The smallest absolute Gasteiger partial charge is 0.0815 e. The van der Waals surface area contributed by atoms with Gasteiger partial charge < -0.3 is 0 Å². The van der Waals surface area contributed by atoms with Crippen LogP contribution in [-0.4, -0.2) is 4.98 Å². The van der Waals surface area contributed by atoms with Crippen molar-refractivity contribution in [1.29, 1.82) is 0 Å². The monoisotopic (exact) mass is 247 g/mol. The van der Waals surface area contributed by atoms with Gasteiger partial charge in [0.2, 0.25) is 0 Å². The van der Waals surface area contributed by atoms with E-state index in [1.165, 1.54) is 15.1 Å². The molecule has 0 aliphatic rings. The standard InChI is InChI=1S/C15H21NS/c1-14(2,3)10-7-8-16-11-9-12(15(4,5)6)17-13(10)11/h7-9H,1-6H3. The largest absolute Gasteiger partial charge is 0.255 e. The minimum atomic E-state index is 0.182. The molecule has 0 spiro atoms. The first-order chi connectivity index (χ1) is 7.69. The quantitative estimate of drug-likeness (QED) is 0.646. The second kappa shape index (κ2) is 3.81. The van der Waals surface area contributed by atoms with E-state index >= 15 is 0 Å². The summed E-state index contributed by atoms with van der Waals surface area (Å²) in [6.45, 7) is 13.6. The molecule has 1 nitrogen and oxygen atoms in total. The van der Waals surface area contributed by atoms with E-state index in [1.807, 2.05) is 17.5 Å². The summed E-state index contributed by atoms with van der Waals surface area (Å²) < 4.78 is 1.35. The van der Waals surface area contributed by atoms with E-state index in [2.05, 4.69) is 58.7 Å². The van der Waals surface area contributed by atoms with E-state index in [0.717, 1.165) is 5.52 Å². The van der Waals surface area contributed by atoms with Gasteiger partial charge in [-0.3, -0.25) is 4.98 Å².